The van der Waals surface area contributed by atoms with E-state index < -0.39 is 0 Å². The number of aromatic nitrogens is 1. The molecule has 0 saturated carbocycles. The predicted molar refractivity (Wildman–Crippen MR) is 79.0 cm³/mol. The van der Waals surface area contributed by atoms with Crippen molar-refractivity contribution in [3.8, 4) is 0 Å². The zero-order chi connectivity index (χ0) is 13.7. The first-order chi connectivity index (χ1) is 9.15. The summed E-state index contributed by atoms with van der Waals surface area (Å²) in [5.74, 6) is 0.534. The smallest absolute Gasteiger partial charge is 0.320 e. The summed E-state index contributed by atoms with van der Waals surface area (Å²) in [6.45, 7) is 2.43. The molecule has 0 aliphatic heterocycles. The number of rotatable bonds is 3. The van der Waals surface area contributed by atoms with Crippen LogP contribution in [0.2, 0.25) is 0 Å². The molecule has 0 aliphatic carbocycles. The largest absolute Gasteiger partial charge is 0.334 e. The SMILES string of the molecule is Cc1cc(NC(=O)NCc2ccccc2)ncc1Br. The van der Waals surface area contributed by atoms with Crippen molar-refractivity contribution in [1.29, 1.82) is 0 Å². The second-order valence-electron chi connectivity index (χ2n) is 4.11. The Balaban J connectivity index is 1.89. The van der Waals surface area contributed by atoms with Gasteiger partial charge in [0.2, 0.25) is 0 Å². The fourth-order valence-electron chi connectivity index (χ4n) is 1.55. The van der Waals surface area contributed by atoms with E-state index in [1.807, 2.05) is 43.3 Å². The molecular formula is C14H14BrN3O. The summed E-state index contributed by atoms with van der Waals surface area (Å²) in [5.41, 5.74) is 2.07. The normalized spacial score (nSPS) is 10.0. The summed E-state index contributed by atoms with van der Waals surface area (Å²) in [6, 6.07) is 11.3. The molecule has 2 amide bonds. The maximum atomic E-state index is 11.7. The molecule has 2 rings (SSSR count). The van der Waals surface area contributed by atoms with E-state index in [0.717, 1.165) is 15.6 Å². The van der Waals surface area contributed by atoms with Gasteiger partial charge in [0.1, 0.15) is 5.82 Å². The maximum Gasteiger partial charge on any atom is 0.320 e. The Morgan fingerprint density at radius 2 is 2.05 bits per heavy atom. The standard InChI is InChI=1S/C14H14BrN3O/c1-10-7-13(16-9-12(10)15)18-14(19)17-8-11-5-3-2-4-6-11/h2-7,9H,8H2,1H3,(H2,16,17,18,19). The molecule has 0 atom stereocenters. The highest BCUT2D eigenvalue weighted by Gasteiger charge is 2.04. The average molecular weight is 320 g/mol. The van der Waals surface area contributed by atoms with Gasteiger partial charge in [-0.25, -0.2) is 9.78 Å². The molecule has 0 radical (unpaired) electrons. The second kappa shape index (κ2) is 6.33. The highest BCUT2D eigenvalue weighted by Crippen LogP contribution is 2.16. The zero-order valence-electron chi connectivity index (χ0n) is 10.5. The molecule has 0 spiro atoms. The fraction of sp³-hybridized carbons (Fsp3) is 0.143. The summed E-state index contributed by atoms with van der Waals surface area (Å²) in [5, 5.41) is 5.48. The highest BCUT2D eigenvalue weighted by molar-refractivity contribution is 9.10. The number of pyridine rings is 1. The number of amides is 2. The van der Waals surface area contributed by atoms with Gasteiger partial charge in [0, 0.05) is 17.2 Å². The van der Waals surface area contributed by atoms with E-state index in [0.29, 0.717) is 12.4 Å². The van der Waals surface area contributed by atoms with Crippen LogP contribution in [0.1, 0.15) is 11.1 Å². The number of benzene rings is 1. The summed E-state index contributed by atoms with van der Waals surface area (Å²) >= 11 is 3.37. The number of anilines is 1. The van der Waals surface area contributed by atoms with Gasteiger partial charge in [0.25, 0.3) is 0 Å². The average Bonchev–Trinajstić information content (AvgIpc) is 2.42. The molecule has 1 aromatic heterocycles. The molecule has 0 bridgehead atoms. The molecule has 98 valence electrons. The number of halogens is 1. The first-order valence-corrected chi connectivity index (χ1v) is 6.65. The first-order valence-electron chi connectivity index (χ1n) is 5.86. The Bertz CT molecular complexity index is 572. The molecule has 0 fully saturated rings. The van der Waals surface area contributed by atoms with E-state index in [9.17, 15) is 4.79 Å². The molecule has 5 heteroatoms. The number of carbonyl (C=O) groups excluding carboxylic acids is 1. The van der Waals surface area contributed by atoms with Gasteiger partial charge in [-0.15, -0.1) is 0 Å². The number of urea groups is 1. The monoisotopic (exact) mass is 319 g/mol. The molecule has 0 unspecified atom stereocenters. The predicted octanol–water partition coefficient (Wildman–Crippen LogP) is 3.47. The van der Waals surface area contributed by atoms with Crippen LogP contribution >= 0.6 is 15.9 Å². The van der Waals surface area contributed by atoms with Crippen molar-refractivity contribution in [1.82, 2.24) is 10.3 Å². The van der Waals surface area contributed by atoms with Crippen molar-refractivity contribution in [2.45, 2.75) is 13.5 Å². The van der Waals surface area contributed by atoms with Gasteiger partial charge in [-0.1, -0.05) is 30.3 Å². The van der Waals surface area contributed by atoms with Crippen LogP contribution in [0.15, 0.2) is 47.1 Å². The van der Waals surface area contributed by atoms with Crippen molar-refractivity contribution in [3.05, 3.63) is 58.2 Å². The lowest BCUT2D eigenvalue weighted by atomic mass is 10.2. The van der Waals surface area contributed by atoms with Crippen LogP contribution in [0.4, 0.5) is 10.6 Å². The van der Waals surface area contributed by atoms with Crippen molar-refractivity contribution >= 4 is 27.8 Å². The van der Waals surface area contributed by atoms with Crippen LogP contribution in [0.5, 0.6) is 0 Å². The summed E-state index contributed by atoms with van der Waals surface area (Å²) in [7, 11) is 0. The first kappa shape index (κ1) is 13.5. The number of aryl methyl sites for hydroxylation is 1. The second-order valence-corrected chi connectivity index (χ2v) is 4.97. The number of hydrogen-bond acceptors (Lipinski definition) is 2. The Morgan fingerprint density at radius 1 is 1.32 bits per heavy atom. The van der Waals surface area contributed by atoms with Crippen molar-refractivity contribution in [2.75, 3.05) is 5.32 Å². The third-order valence-corrected chi connectivity index (χ3v) is 3.41. The summed E-state index contributed by atoms with van der Waals surface area (Å²) in [6.07, 6.45) is 1.67. The van der Waals surface area contributed by atoms with E-state index in [2.05, 4.69) is 31.5 Å². The van der Waals surface area contributed by atoms with E-state index in [1.165, 1.54) is 0 Å². The lowest BCUT2D eigenvalue weighted by Crippen LogP contribution is -2.28. The van der Waals surface area contributed by atoms with Crippen molar-refractivity contribution in [2.24, 2.45) is 0 Å². The van der Waals surface area contributed by atoms with Gasteiger partial charge in [-0.3, -0.25) is 5.32 Å². The highest BCUT2D eigenvalue weighted by atomic mass is 79.9. The van der Waals surface area contributed by atoms with Gasteiger partial charge in [0.15, 0.2) is 0 Å². The number of nitrogens with zero attached hydrogens (tertiary/aromatic N) is 1. The minimum atomic E-state index is -0.266. The van der Waals surface area contributed by atoms with E-state index in [1.54, 1.807) is 6.20 Å². The fourth-order valence-corrected chi connectivity index (χ4v) is 1.76. The van der Waals surface area contributed by atoms with Crippen LogP contribution in [0.3, 0.4) is 0 Å². The maximum absolute atomic E-state index is 11.7. The van der Waals surface area contributed by atoms with Gasteiger partial charge >= 0.3 is 6.03 Å². The van der Waals surface area contributed by atoms with Crippen LogP contribution in [0.25, 0.3) is 0 Å². The van der Waals surface area contributed by atoms with E-state index in [-0.39, 0.29) is 6.03 Å². The topological polar surface area (TPSA) is 54.0 Å². The molecule has 0 saturated heterocycles. The molecule has 1 aromatic carbocycles. The Kier molecular flexibility index (Phi) is 4.52. The molecule has 0 aliphatic rings. The van der Waals surface area contributed by atoms with E-state index in [4.69, 9.17) is 0 Å². The van der Waals surface area contributed by atoms with Gasteiger partial charge in [-0.05, 0) is 40.0 Å². The molecule has 19 heavy (non-hydrogen) atoms. The molecule has 2 aromatic rings. The lowest BCUT2D eigenvalue weighted by molar-refractivity contribution is 0.251. The number of carbonyl (C=O) groups is 1. The van der Waals surface area contributed by atoms with Crippen LogP contribution < -0.4 is 10.6 Å². The van der Waals surface area contributed by atoms with Crippen LogP contribution in [-0.4, -0.2) is 11.0 Å². The molecule has 2 N–H and O–H groups in total. The van der Waals surface area contributed by atoms with Crippen molar-refractivity contribution < 1.29 is 4.79 Å². The summed E-state index contributed by atoms with van der Waals surface area (Å²) in [4.78, 5) is 15.8. The number of hydrogen-bond donors (Lipinski definition) is 2. The van der Waals surface area contributed by atoms with Gasteiger partial charge in [-0.2, -0.15) is 0 Å². The third-order valence-electron chi connectivity index (χ3n) is 2.58. The Hall–Kier alpha value is -1.88. The van der Waals surface area contributed by atoms with Crippen molar-refractivity contribution in [3.63, 3.8) is 0 Å². The third kappa shape index (κ3) is 4.06. The van der Waals surface area contributed by atoms with E-state index >= 15 is 0 Å². The number of nitrogens with one attached hydrogen (secondary N) is 2. The minimum absolute atomic E-state index is 0.266. The molecule has 4 nitrogen and oxygen atoms in total. The Morgan fingerprint density at radius 3 is 2.74 bits per heavy atom. The minimum Gasteiger partial charge on any atom is -0.334 e. The summed E-state index contributed by atoms with van der Waals surface area (Å²) < 4.78 is 0.919. The quantitative estimate of drug-likeness (QED) is 0.910. The van der Waals surface area contributed by atoms with Gasteiger partial charge in [0.05, 0.1) is 0 Å². The van der Waals surface area contributed by atoms with Crippen LogP contribution in [-0.2, 0) is 6.54 Å². The molecule has 1 heterocycles. The van der Waals surface area contributed by atoms with Gasteiger partial charge < -0.3 is 5.32 Å². The zero-order valence-corrected chi connectivity index (χ0v) is 12.1. The molecular weight excluding hydrogens is 306 g/mol. The lowest BCUT2D eigenvalue weighted by Gasteiger charge is -2.08. The van der Waals surface area contributed by atoms with Crippen LogP contribution in [0, 0.1) is 6.92 Å². The Labute approximate surface area is 120 Å².